The van der Waals surface area contributed by atoms with Crippen LogP contribution in [0.15, 0.2) is 57.3 Å². The van der Waals surface area contributed by atoms with Crippen molar-refractivity contribution in [2.75, 3.05) is 0 Å². The number of allylic oxidation sites excluding steroid dienone is 2. The number of para-hydroxylation sites is 1. The number of hydrogen-bond donors (Lipinski definition) is 2. The third kappa shape index (κ3) is 4.62. The minimum atomic E-state index is -0.834. The largest absolute Gasteiger partial charge is 0.456 e. The predicted octanol–water partition coefficient (Wildman–Crippen LogP) is 4.29. The van der Waals surface area contributed by atoms with Crippen molar-refractivity contribution in [3.8, 4) is 5.95 Å². The maximum atomic E-state index is 12.7. The first-order valence-electron chi connectivity index (χ1n) is 10.1. The minimum Gasteiger partial charge on any atom is -0.456 e. The highest BCUT2D eigenvalue weighted by Crippen LogP contribution is 2.36. The lowest BCUT2D eigenvalue weighted by Gasteiger charge is -2.38. The first-order chi connectivity index (χ1) is 13.7. The lowest BCUT2D eigenvalue weighted by atomic mass is 9.86. The second-order valence-electron chi connectivity index (χ2n) is 8.32. The summed E-state index contributed by atoms with van der Waals surface area (Å²) in [7, 11) is 0. The summed E-state index contributed by atoms with van der Waals surface area (Å²) in [6, 6.07) is 7.07. The molecule has 2 N–H and O–H groups in total. The third-order valence-corrected chi connectivity index (χ3v) is 5.80. The quantitative estimate of drug-likeness (QED) is 0.680. The topological polar surface area (TPSA) is 79.9 Å². The molecule has 0 fully saturated rings. The molecule has 29 heavy (non-hydrogen) atoms. The maximum absolute atomic E-state index is 12.7. The molecule has 0 amide bonds. The van der Waals surface area contributed by atoms with Crippen molar-refractivity contribution in [1.82, 2.24) is 0 Å². The summed E-state index contributed by atoms with van der Waals surface area (Å²) in [5.74, 6) is 0.215. The normalized spacial score (nSPS) is 22.8. The van der Waals surface area contributed by atoms with Crippen molar-refractivity contribution >= 4 is 11.0 Å². The molecule has 1 aromatic carbocycles. The molecule has 1 aromatic heterocycles. The zero-order chi connectivity index (χ0) is 21.2. The molecule has 3 atom stereocenters. The van der Waals surface area contributed by atoms with Gasteiger partial charge in [-0.1, -0.05) is 35.9 Å². The highest BCUT2D eigenvalue weighted by Gasteiger charge is 2.42. The fourth-order valence-corrected chi connectivity index (χ4v) is 3.64. The van der Waals surface area contributed by atoms with E-state index in [0.717, 1.165) is 18.4 Å². The smallest absolute Gasteiger partial charge is 0.292 e. The molecule has 0 saturated carbocycles. The van der Waals surface area contributed by atoms with Crippen LogP contribution in [0, 0.1) is 0 Å². The van der Waals surface area contributed by atoms with E-state index < -0.39 is 17.8 Å². The predicted molar refractivity (Wildman–Crippen MR) is 114 cm³/mol. The monoisotopic (exact) mass is 398 g/mol. The summed E-state index contributed by atoms with van der Waals surface area (Å²) in [5.41, 5.74) is 1.86. The average Bonchev–Trinajstić information content (AvgIpc) is 2.68. The number of aliphatic hydroxyl groups is 2. The van der Waals surface area contributed by atoms with Crippen molar-refractivity contribution in [2.24, 2.45) is 0 Å². The van der Waals surface area contributed by atoms with Crippen LogP contribution in [-0.2, 0) is 6.42 Å². The average molecular weight is 398 g/mol. The van der Waals surface area contributed by atoms with Gasteiger partial charge in [0, 0.05) is 6.42 Å². The van der Waals surface area contributed by atoms with Gasteiger partial charge in [-0.15, -0.1) is 0 Å². The van der Waals surface area contributed by atoms with E-state index in [1.54, 1.807) is 18.2 Å². The Bertz CT molecular complexity index is 986. The van der Waals surface area contributed by atoms with Crippen LogP contribution in [-0.4, -0.2) is 28.0 Å². The van der Waals surface area contributed by atoms with Gasteiger partial charge in [-0.05, 0) is 58.6 Å². The zero-order valence-corrected chi connectivity index (χ0v) is 17.4. The molecule has 1 aliphatic heterocycles. The van der Waals surface area contributed by atoms with Crippen LogP contribution >= 0.6 is 0 Å². The van der Waals surface area contributed by atoms with Gasteiger partial charge in [-0.25, -0.2) is 0 Å². The van der Waals surface area contributed by atoms with E-state index in [4.69, 9.17) is 9.15 Å². The maximum Gasteiger partial charge on any atom is 0.292 e. The van der Waals surface area contributed by atoms with Crippen molar-refractivity contribution < 1.29 is 19.4 Å². The van der Waals surface area contributed by atoms with Gasteiger partial charge in [-0.3, -0.25) is 4.79 Å². The summed E-state index contributed by atoms with van der Waals surface area (Å²) in [5, 5.41) is 21.1. The van der Waals surface area contributed by atoms with Crippen molar-refractivity contribution in [3.05, 3.63) is 63.9 Å². The molecular weight excluding hydrogens is 368 g/mol. The molecule has 0 spiro atoms. The minimum absolute atomic E-state index is 0.144. The van der Waals surface area contributed by atoms with Gasteiger partial charge in [0.25, 0.3) is 5.95 Å². The van der Waals surface area contributed by atoms with E-state index in [9.17, 15) is 15.0 Å². The van der Waals surface area contributed by atoms with E-state index >= 15 is 0 Å². The van der Waals surface area contributed by atoms with Crippen LogP contribution in [0.4, 0.5) is 0 Å². The van der Waals surface area contributed by atoms with Crippen molar-refractivity contribution in [1.29, 1.82) is 0 Å². The van der Waals surface area contributed by atoms with Crippen LogP contribution in [0.3, 0.4) is 0 Å². The molecule has 0 radical (unpaired) electrons. The highest BCUT2D eigenvalue weighted by atomic mass is 16.6. The summed E-state index contributed by atoms with van der Waals surface area (Å²) >= 11 is 0. The van der Waals surface area contributed by atoms with Gasteiger partial charge >= 0.3 is 0 Å². The van der Waals surface area contributed by atoms with Gasteiger partial charge in [0.15, 0.2) is 5.43 Å². The summed E-state index contributed by atoms with van der Waals surface area (Å²) in [6.07, 6.45) is 3.80. The summed E-state index contributed by atoms with van der Waals surface area (Å²) in [4.78, 5) is 12.7. The van der Waals surface area contributed by atoms with E-state index in [-0.39, 0.29) is 17.8 Å². The van der Waals surface area contributed by atoms with Crippen molar-refractivity contribution in [3.63, 3.8) is 0 Å². The SMILES string of the molecule is C=C(C)[C@H](O)CCC(C)=CCC[C@]1(C)Oc2oc3ccccc3c(=O)c2C[C@@H]1O. The molecule has 0 saturated heterocycles. The second kappa shape index (κ2) is 8.56. The summed E-state index contributed by atoms with van der Waals surface area (Å²) in [6.45, 7) is 9.48. The number of rotatable bonds is 7. The van der Waals surface area contributed by atoms with Crippen LogP contribution in [0.25, 0.3) is 11.0 Å². The molecule has 0 bridgehead atoms. The van der Waals surface area contributed by atoms with Crippen LogP contribution < -0.4 is 10.2 Å². The van der Waals surface area contributed by atoms with Gasteiger partial charge in [0.05, 0.1) is 23.2 Å². The Morgan fingerprint density at radius 2 is 2.10 bits per heavy atom. The molecule has 156 valence electrons. The molecule has 2 aromatic rings. The first kappa shape index (κ1) is 21.3. The number of fused-ring (bicyclic) bond motifs is 2. The Morgan fingerprint density at radius 3 is 2.83 bits per heavy atom. The van der Waals surface area contributed by atoms with Crippen molar-refractivity contribution in [2.45, 2.75) is 70.7 Å². The number of hydrogen-bond acceptors (Lipinski definition) is 5. The lowest BCUT2D eigenvalue weighted by Crippen LogP contribution is -2.50. The summed E-state index contributed by atoms with van der Waals surface area (Å²) < 4.78 is 11.9. The fourth-order valence-electron chi connectivity index (χ4n) is 3.64. The molecule has 5 heteroatoms. The van der Waals surface area contributed by atoms with E-state index in [1.807, 2.05) is 26.8 Å². The number of ether oxygens (including phenoxy) is 1. The molecular formula is C24H30O5. The first-order valence-corrected chi connectivity index (χ1v) is 10.1. The molecule has 0 unspecified atom stereocenters. The van der Waals surface area contributed by atoms with Crippen LogP contribution in [0.1, 0.15) is 52.0 Å². The fraction of sp³-hybridized carbons (Fsp3) is 0.458. The molecule has 1 aliphatic rings. The Kier molecular flexibility index (Phi) is 6.30. The molecule has 2 heterocycles. The van der Waals surface area contributed by atoms with Gasteiger partial charge < -0.3 is 19.4 Å². The molecule has 5 nitrogen and oxygen atoms in total. The van der Waals surface area contributed by atoms with Gasteiger partial charge in [-0.2, -0.15) is 0 Å². The third-order valence-electron chi connectivity index (χ3n) is 5.80. The molecule has 0 aliphatic carbocycles. The number of aliphatic hydroxyl groups excluding tert-OH is 2. The standard InChI is InChI=1S/C24H30O5/c1-15(2)19(25)12-11-16(3)8-7-13-24(4)21(26)14-18-22(27)17-9-5-6-10-20(17)28-23(18)29-24/h5-6,8-10,19,21,25-26H,1,7,11-14H2,2-4H3/t19-,21+,24+/m1/s1. The Labute approximate surface area is 171 Å². The van der Waals surface area contributed by atoms with E-state index in [1.165, 1.54) is 5.57 Å². The Hall–Kier alpha value is -2.37. The van der Waals surface area contributed by atoms with Gasteiger partial charge in [0.2, 0.25) is 0 Å². The highest BCUT2D eigenvalue weighted by molar-refractivity contribution is 5.77. The van der Waals surface area contributed by atoms with E-state index in [0.29, 0.717) is 29.4 Å². The Balaban J connectivity index is 1.71. The number of benzene rings is 1. The second-order valence-corrected chi connectivity index (χ2v) is 8.32. The zero-order valence-electron chi connectivity index (χ0n) is 17.4. The lowest BCUT2D eigenvalue weighted by molar-refractivity contribution is -0.0726. The Morgan fingerprint density at radius 1 is 1.38 bits per heavy atom. The van der Waals surface area contributed by atoms with Gasteiger partial charge in [0.1, 0.15) is 11.2 Å². The molecule has 3 rings (SSSR count). The van der Waals surface area contributed by atoms with E-state index in [2.05, 4.69) is 12.7 Å². The van der Waals surface area contributed by atoms with Crippen LogP contribution in [0.2, 0.25) is 0 Å². The van der Waals surface area contributed by atoms with Crippen LogP contribution in [0.5, 0.6) is 5.95 Å².